The van der Waals surface area contributed by atoms with E-state index in [0.717, 1.165) is 18.4 Å². The summed E-state index contributed by atoms with van der Waals surface area (Å²) in [6.07, 6.45) is 0.558. The Hall–Kier alpha value is -1.59. The first-order valence-electron chi connectivity index (χ1n) is 7.83. The molecule has 0 radical (unpaired) electrons. The van der Waals surface area contributed by atoms with Gasteiger partial charge in [0.05, 0.1) is 6.10 Å². The molecule has 0 aliphatic carbocycles. The van der Waals surface area contributed by atoms with Gasteiger partial charge in [-0.15, -0.1) is 0 Å². The van der Waals surface area contributed by atoms with Crippen molar-refractivity contribution in [1.29, 1.82) is 0 Å². The number of carbonyl (C=O) groups is 1. The summed E-state index contributed by atoms with van der Waals surface area (Å²) in [5.41, 5.74) is 1.14. The van der Waals surface area contributed by atoms with E-state index >= 15 is 0 Å². The van der Waals surface area contributed by atoms with Gasteiger partial charge in [0.2, 0.25) is 0 Å². The van der Waals surface area contributed by atoms with Crippen molar-refractivity contribution in [3.63, 3.8) is 0 Å². The van der Waals surface area contributed by atoms with Crippen LogP contribution in [0.1, 0.15) is 25.3 Å². The Morgan fingerprint density at radius 1 is 1.36 bits per heavy atom. The molecule has 1 amide bonds. The smallest absolute Gasteiger partial charge is 0.260 e. The van der Waals surface area contributed by atoms with Crippen LogP contribution in [-0.2, 0) is 9.53 Å². The summed E-state index contributed by atoms with van der Waals surface area (Å²) in [6.45, 7) is 5.32. The number of aliphatic hydroxyl groups excluding tert-OH is 1. The van der Waals surface area contributed by atoms with Crippen molar-refractivity contribution in [3.8, 4) is 5.75 Å². The number of hydrogen-bond acceptors (Lipinski definition) is 4. The molecular weight excluding hydrogens is 282 g/mol. The van der Waals surface area contributed by atoms with Gasteiger partial charge in [-0.05, 0) is 44.7 Å². The summed E-state index contributed by atoms with van der Waals surface area (Å²) >= 11 is 0. The zero-order valence-corrected chi connectivity index (χ0v) is 13.2. The molecule has 0 aromatic heterocycles. The number of amides is 1. The molecule has 1 aliphatic heterocycles. The van der Waals surface area contributed by atoms with Crippen molar-refractivity contribution < 1.29 is 19.4 Å². The Morgan fingerprint density at radius 3 is 2.64 bits per heavy atom. The molecule has 1 aliphatic rings. The average Bonchev–Trinajstić information content (AvgIpc) is 2.55. The molecule has 1 aromatic carbocycles. The predicted molar refractivity (Wildman–Crippen MR) is 83.8 cm³/mol. The van der Waals surface area contributed by atoms with E-state index in [1.165, 1.54) is 0 Å². The molecule has 2 rings (SSSR count). The van der Waals surface area contributed by atoms with Crippen LogP contribution in [0.3, 0.4) is 0 Å². The minimum Gasteiger partial charge on any atom is -0.481 e. The number of carbonyl (C=O) groups excluding carboxylic acids is 1. The number of hydrogen-bond donors (Lipinski definition) is 2. The number of ether oxygens (including phenoxy) is 2. The van der Waals surface area contributed by atoms with Gasteiger partial charge in [0.25, 0.3) is 5.91 Å². The Labute approximate surface area is 131 Å². The van der Waals surface area contributed by atoms with Crippen molar-refractivity contribution in [2.75, 3.05) is 19.8 Å². The molecular formula is C17H25NO4. The molecule has 1 heterocycles. The van der Waals surface area contributed by atoms with Gasteiger partial charge >= 0.3 is 0 Å². The highest BCUT2D eigenvalue weighted by atomic mass is 16.5. The lowest BCUT2D eigenvalue weighted by molar-refractivity contribution is -0.128. The van der Waals surface area contributed by atoms with Gasteiger partial charge in [-0.3, -0.25) is 4.79 Å². The number of rotatable bonds is 6. The van der Waals surface area contributed by atoms with Crippen LogP contribution in [0, 0.1) is 12.8 Å². The number of benzene rings is 1. The lowest BCUT2D eigenvalue weighted by Gasteiger charge is -2.27. The fourth-order valence-corrected chi connectivity index (χ4v) is 2.49. The van der Waals surface area contributed by atoms with Crippen LogP contribution in [0.4, 0.5) is 0 Å². The third-order valence-electron chi connectivity index (χ3n) is 4.00. The topological polar surface area (TPSA) is 67.8 Å². The fraction of sp³-hybridized carbons (Fsp3) is 0.588. The molecule has 0 spiro atoms. The van der Waals surface area contributed by atoms with Gasteiger partial charge in [0.1, 0.15) is 5.75 Å². The highest BCUT2D eigenvalue weighted by molar-refractivity contribution is 5.80. The van der Waals surface area contributed by atoms with Gasteiger partial charge in [-0.25, -0.2) is 0 Å². The maximum Gasteiger partial charge on any atom is 0.260 e. The summed E-state index contributed by atoms with van der Waals surface area (Å²) in [5, 5.41) is 12.9. The molecule has 1 aromatic rings. The maximum absolute atomic E-state index is 12.0. The molecule has 1 fully saturated rings. The summed E-state index contributed by atoms with van der Waals surface area (Å²) in [7, 11) is 0. The van der Waals surface area contributed by atoms with E-state index in [9.17, 15) is 9.90 Å². The fourth-order valence-electron chi connectivity index (χ4n) is 2.49. The summed E-state index contributed by atoms with van der Waals surface area (Å²) < 4.78 is 10.9. The SMILES string of the molecule is Cc1ccc(OC(C)C(=O)NCC(O)C2CCOCC2)cc1. The van der Waals surface area contributed by atoms with Crippen molar-refractivity contribution >= 4 is 5.91 Å². The largest absolute Gasteiger partial charge is 0.481 e. The minimum atomic E-state index is -0.593. The van der Waals surface area contributed by atoms with Crippen molar-refractivity contribution in [1.82, 2.24) is 5.32 Å². The third-order valence-corrected chi connectivity index (χ3v) is 4.00. The van der Waals surface area contributed by atoms with Gasteiger partial charge in [-0.2, -0.15) is 0 Å². The van der Waals surface area contributed by atoms with Gasteiger partial charge in [0.15, 0.2) is 6.10 Å². The molecule has 2 N–H and O–H groups in total. The Morgan fingerprint density at radius 2 is 2.00 bits per heavy atom. The van der Waals surface area contributed by atoms with E-state index in [1.807, 2.05) is 31.2 Å². The zero-order valence-electron chi connectivity index (χ0n) is 13.2. The molecule has 0 bridgehead atoms. The Bertz CT molecular complexity index is 468. The molecule has 5 heteroatoms. The van der Waals surface area contributed by atoms with E-state index in [4.69, 9.17) is 9.47 Å². The zero-order chi connectivity index (χ0) is 15.9. The molecule has 2 unspecified atom stereocenters. The molecule has 5 nitrogen and oxygen atoms in total. The Balaban J connectivity index is 1.74. The first-order valence-corrected chi connectivity index (χ1v) is 7.83. The van der Waals surface area contributed by atoms with Gasteiger partial charge < -0.3 is 19.9 Å². The lowest BCUT2D eigenvalue weighted by atomic mass is 9.94. The summed E-state index contributed by atoms with van der Waals surface area (Å²) in [5.74, 6) is 0.646. The van der Waals surface area contributed by atoms with Crippen LogP contribution in [0.5, 0.6) is 5.75 Å². The molecule has 1 saturated heterocycles. The van der Waals surface area contributed by atoms with E-state index in [-0.39, 0.29) is 18.4 Å². The minimum absolute atomic E-state index is 0.197. The average molecular weight is 307 g/mol. The van der Waals surface area contributed by atoms with Gasteiger partial charge in [0, 0.05) is 19.8 Å². The highest BCUT2D eigenvalue weighted by Gasteiger charge is 2.23. The van der Waals surface area contributed by atoms with E-state index < -0.39 is 12.2 Å². The quantitative estimate of drug-likeness (QED) is 0.839. The predicted octanol–water partition coefficient (Wildman–Crippen LogP) is 1.67. The van der Waals surface area contributed by atoms with E-state index in [2.05, 4.69) is 5.32 Å². The number of nitrogens with one attached hydrogen (secondary N) is 1. The van der Waals surface area contributed by atoms with E-state index in [1.54, 1.807) is 6.92 Å². The first kappa shape index (κ1) is 16.8. The molecule has 2 atom stereocenters. The monoisotopic (exact) mass is 307 g/mol. The van der Waals surface area contributed by atoms with Crippen molar-refractivity contribution in [2.24, 2.45) is 5.92 Å². The summed E-state index contributed by atoms with van der Waals surface area (Å²) in [6, 6.07) is 7.57. The third kappa shape index (κ3) is 5.00. The molecule has 122 valence electrons. The van der Waals surface area contributed by atoms with Crippen molar-refractivity contribution in [2.45, 2.75) is 38.9 Å². The van der Waals surface area contributed by atoms with Crippen molar-refractivity contribution in [3.05, 3.63) is 29.8 Å². The van der Waals surface area contributed by atoms with Crippen LogP contribution in [0.25, 0.3) is 0 Å². The lowest BCUT2D eigenvalue weighted by Crippen LogP contribution is -2.43. The summed E-state index contributed by atoms with van der Waals surface area (Å²) in [4.78, 5) is 12.0. The molecule has 22 heavy (non-hydrogen) atoms. The second kappa shape index (κ2) is 8.15. The number of aryl methyl sites for hydroxylation is 1. The molecule has 0 saturated carbocycles. The van der Waals surface area contributed by atoms with Gasteiger partial charge in [-0.1, -0.05) is 17.7 Å². The number of aliphatic hydroxyl groups is 1. The van der Waals surface area contributed by atoms with Crippen LogP contribution >= 0.6 is 0 Å². The second-order valence-electron chi connectivity index (χ2n) is 5.84. The first-order chi connectivity index (χ1) is 10.6. The maximum atomic E-state index is 12.0. The van der Waals surface area contributed by atoms with Crippen LogP contribution in [0.2, 0.25) is 0 Å². The van der Waals surface area contributed by atoms with E-state index in [0.29, 0.717) is 19.0 Å². The normalized spacial score (nSPS) is 18.5. The highest BCUT2D eigenvalue weighted by Crippen LogP contribution is 2.18. The van der Waals surface area contributed by atoms with Crippen LogP contribution in [0.15, 0.2) is 24.3 Å². The second-order valence-corrected chi connectivity index (χ2v) is 5.84. The Kier molecular flexibility index (Phi) is 6.21. The van der Waals surface area contributed by atoms with Crippen LogP contribution in [-0.4, -0.2) is 43.0 Å². The van der Waals surface area contributed by atoms with Crippen LogP contribution < -0.4 is 10.1 Å². The standard InChI is InChI=1S/C17H25NO4/c1-12-3-5-15(6-4-12)22-13(2)17(20)18-11-16(19)14-7-9-21-10-8-14/h3-6,13-14,16,19H,7-11H2,1-2H3,(H,18,20).